The second-order valence-corrected chi connectivity index (χ2v) is 7.42. The molecule has 6 heteroatoms. The molecule has 0 aliphatic carbocycles. The SMILES string of the molecule is C=C/C(=C\C=C1/COC2(C=C1c1ccc(C(=O)NCC)cc1)CCNCC2)C(=O)O.CC.CC. The number of nitrogens with one attached hydrogen (secondary N) is 2. The van der Waals surface area contributed by atoms with E-state index in [9.17, 15) is 14.7 Å². The molecule has 186 valence electrons. The minimum absolute atomic E-state index is 0.101. The van der Waals surface area contributed by atoms with Gasteiger partial charge in [-0.15, -0.1) is 0 Å². The molecule has 2 aliphatic rings. The molecule has 1 saturated heterocycles. The fourth-order valence-electron chi connectivity index (χ4n) is 3.72. The zero-order valence-corrected chi connectivity index (χ0v) is 21.2. The monoisotopic (exact) mass is 468 g/mol. The number of rotatable bonds is 6. The molecule has 0 radical (unpaired) electrons. The molecule has 2 aliphatic heterocycles. The Kier molecular flexibility index (Phi) is 12.9. The molecule has 1 aromatic rings. The second-order valence-electron chi connectivity index (χ2n) is 7.42. The standard InChI is InChI=1S/C24H28N2O4.2C2H6/c1-3-17(23(28)29)5-10-20-16-30-24(11-13-25-14-12-24)15-21(20)18-6-8-19(9-7-18)22(27)26-4-2;2*1-2/h3,5-10,15,25H,1,4,11-14,16H2,2H3,(H,26,27)(H,28,29);2*1-2H3/b17-5+,20-10+;;. The molecule has 34 heavy (non-hydrogen) atoms. The minimum atomic E-state index is -1.02. The van der Waals surface area contributed by atoms with Crippen LogP contribution < -0.4 is 10.6 Å². The van der Waals surface area contributed by atoms with E-state index >= 15 is 0 Å². The molecule has 2 heterocycles. The van der Waals surface area contributed by atoms with E-state index in [-0.39, 0.29) is 17.1 Å². The third kappa shape index (κ3) is 7.82. The predicted molar refractivity (Wildman–Crippen MR) is 140 cm³/mol. The van der Waals surface area contributed by atoms with E-state index in [4.69, 9.17) is 4.74 Å². The molecule has 1 aromatic carbocycles. The molecule has 1 spiro atoms. The van der Waals surface area contributed by atoms with Gasteiger partial charge >= 0.3 is 5.97 Å². The van der Waals surface area contributed by atoms with Crippen molar-refractivity contribution < 1.29 is 19.4 Å². The summed E-state index contributed by atoms with van der Waals surface area (Å²) in [6.07, 6.45) is 8.57. The number of carboxylic acids is 1. The predicted octanol–water partition coefficient (Wildman–Crippen LogP) is 5.15. The minimum Gasteiger partial charge on any atom is -0.478 e. The first-order valence-electron chi connectivity index (χ1n) is 12.2. The summed E-state index contributed by atoms with van der Waals surface area (Å²) in [5.41, 5.74) is 3.28. The van der Waals surface area contributed by atoms with Crippen LogP contribution in [0.5, 0.6) is 0 Å². The van der Waals surface area contributed by atoms with Crippen LogP contribution in [0.25, 0.3) is 5.57 Å². The summed E-state index contributed by atoms with van der Waals surface area (Å²) in [6, 6.07) is 7.48. The van der Waals surface area contributed by atoms with Crippen LogP contribution >= 0.6 is 0 Å². The number of allylic oxidation sites excluding steroid dienone is 2. The third-order valence-corrected chi connectivity index (χ3v) is 5.44. The fraction of sp³-hybridized carbons (Fsp3) is 0.429. The summed E-state index contributed by atoms with van der Waals surface area (Å²) < 4.78 is 6.24. The maximum Gasteiger partial charge on any atom is 0.335 e. The highest BCUT2D eigenvalue weighted by Crippen LogP contribution is 2.37. The van der Waals surface area contributed by atoms with Gasteiger partial charge in [0.1, 0.15) is 0 Å². The number of benzene rings is 1. The van der Waals surface area contributed by atoms with Gasteiger partial charge in [0, 0.05) is 12.1 Å². The van der Waals surface area contributed by atoms with Crippen molar-refractivity contribution in [2.45, 2.75) is 53.1 Å². The molecular weight excluding hydrogens is 428 g/mol. The van der Waals surface area contributed by atoms with Gasteiger partial charge in [0.15, 0.2) is 0 Å². The van der Waals surface area contributed by atoms with Crippen LogP contribution in [0.15, 0.2) is 66.3 Å². The Hall–Kier alpha value is -2.96. The van der Waals surface area contributed by atoms with Gasteiger partial charge in [-0.25, -0.2) is 4.79 Å². The number of ether oxygens (including phenoxy) is 1. The molecule has 0 bridgehead atoms. The maximum atomic E-state index is 12.1. The number of carboxylic acid groups (broad SMARTS) is 1. The highest BCUT2D eigenvalue weighted by molar-refractivity contribution is 5.95. The zero-order chi connectivity index (χ0) is 25.6. The highest BCUT2D eigenvalue weighted by Gasteiger charge is 2.35. The van der Waals surface area contributed by atoms with Gasteiger partial charge in [-0.2, -0.15) is 0 Å². The van der Waals surface area contributed by atoms with Crippen LogP contribution in [-0.2, 0) is 9.53 Å². The summed E-state index contributed by atoms with van der Waals surface area (Å²) in [5.74, 6) is -1.12. The first kappa shape index (κ1) is 29.1. The molecule has 1 amide bonds. The lowest BCUT2D eigenvalue weighted by atomic mass is 9.83. The van der Waals surface area contributed by atoms with Crippen LogP contribution in [0.3, 0.4) is 0 Å². The van der Waals surface area contributed by atoms with Gasteiger partial charge < -0.3 is 20.5 Å². The normalized spacial score (nSPS) is 18.0. The van der Waals surface area contributed by atoms with Crippen molar-refractivity contribution in [3.05, 3.63) is 77.4 Å². The van der Waals surface area contributed by atoms with Crippen molar-refractivity contribution in [3.63, 3.8) is 0 Å². The van der Waals surface area contributed by atoms with Crippen molar-refractivity contribution in [2.24, 2.45) is 0 Å². The van der Waals surface area contributed by atoms with Crippen molar-refractivity contribution in [3.8, 4) is 0 Å². The van der Waals surface area contributed by atoms with E-state index in [1.54, 1.807) is 12.2 Å². The smallest absolute Gasteiger partial charge is 0.335 e. The number of piperidine rings is 1. The van der Waals surface area contributed by atoms with Crippen LogP contribution in [0.1, 0.15) is 63.4 Å². The van der Waals surface area contributed by atoms with Gasteiger partial charge in [-0.1, -0.05) is 58.6 Å². The number of carbonyl (C=O) groups excluding carboxylic acids is 1. The van der Waals surface area contributed by atoms with E-state index in [1.807, 2.05) is 58.9 Å². The van der Waals surface area contributed by atoms with Gasteiger partial charge in [0.05, 0.1) is 17.8 Å². The maximum absolute atomic E-state index is 12.1. The Bertz CT molecular complexity index is 905. The summed E-state index contributed by atoms with van der Waals surface area (Å²) in [7, 11) is 0. The van der Waals surface area contributed by atoms with Crippen molar-refractivity contribution in [1.82, 2.24) is 10.6 Å². The molecule has 0 unspecified atom stereocenters. The third-order valence-electron chi connectivity index (χ3n) is 5.44. The van der Waals surface area contributed by atoms with Gasteiger partial charge in [0.2, 0.25) is 0 Å². The average Bonchev–Trinajstić information content (AvgIpc) is 2.88. The molecule has 0 saturated carbocycles. The van der Waals surface area contributed by atoms with Gasteiger partial charge in [-0.3, -0.25) is 4.79 Å². The zero-order valence-electron chi connectivity index (χ0n) is 21.2. The van der Waals surface area contributed by atoms with E-state index in [1.165, 1.54) is 6.08 Å². The first-order valence-corrected chi connectivity index (χ1v) is 12.2. The van der Waals surface area contributed by atoms with Crippen molar-refractivity contribution in [1.29, 1.82) is 0 Å². The topological polar surface area (TPSA) is 87.7 Å². The van der Waals surface area contributed by atoms with Crippen LogP contribution in [0.4, 0.5) is 0 Å². The Labute approximate surface area is 204 Å². The van der Waals surface area contributed by atoms with Crippen LogP contribution in [-0.4, -0.2) is 48.8 Å². The van der Waals surface area contributed by atoms with Crippen LogP contribution in [0.2, 0.25) is 0 Å². The number of hydrogen-bond acceptors (Lipinski definition) is 4. The van der Waals surface area contributed by atoms with E-state index < -0.39 is 5.97 Å². The lowest BCUT2D eigenvalue weighted by molar-refractivity contribution is -0.132. The highest BCUT2D eigenvalue weighted by atomic mass is 16.5. The molecule has 0 atom stereocenters. The Balaban J connectivity index is 0.00000137. The van der Waals surface area contributed by atoms with Crippen molar-refractivity contribution >= 4 is 17.4 Å². The molecule has 3 N–H and O–H groups in total. The number of aliphatic carboxylic acids is 1. The van der Waals surface area contributed by atoms with Gasteiger partial charge in [-0.05, 0) is 73.8 Å². The molecule has 6 nitrogen and oxygen atoms in total. The molecule has 1 fully saturated rings. The lowest BCUT2D eigenvalue weighted by Crippen LogP contribution is -2.44. The summed E-state index contributed by atoms with van der Waals surface area (Å²) >= 11 is 0. The molecular formula is C28H40N2O4. The lowest BCUT2D eigenvalue weighted by Gasteiger charge is -2.39. The second kappa shape index (κ2) is 15.0. The fourth-order valence-corrected chi connectivity index (χ4v) is 3.72. The van der Waals surface area contributed by atoms with E-state index in [0.717, 1.165) is 42.6 Å². The Morgan fingerprint density at radius 3 is 2.29 bits per heavy atom. The first-order chi connectivity index (χ1) is 16.5. The van der Waals surface area contributed by atoms with E-state index in [2.05, 4.69) is 23.3 Å². The summed E-state index contributed by atoms with van der Waals surface area (Å²) in [6.45, 7) is 16.2. The number of hydrogen-bond donors (Lipinski definition) is 3. The van der Waals surface area contributed by atoms with Gasteiger partial charge in [0.25, 0.3) is 5.91 Å². The summed E-state index contributed by atoms with van der Waals surface area (Å²) in [5, 5.41) is 15.4. The number of carbonyl (C=O) groups is 2. The van der Waals surface area contributed by atoms with Crippen LogP contribution in [0, 0.1) is 0 Å². The largest absolute Gasteiger partial charge is 0.478 e. The number of amides is 1. The molecule has 3 rings (SSSR count). The Morgan fingerprint density at radius 2 is 1.76 bits per heavy atom. The summed E-state index contributed by atoms with van der Waals surface area (Å²) in [4.78, 5) is 23.4. The van der Waals surface area contributed by atoms with E-state index in [0.29, 0.717) is 18.7 Å². The van der Waals surface area contributed by atoms with Crippen molar-refractivity contribution in [2.75, 3.05) is 26.2 Å². The molecule has 0 aromatic heterocycles. The average molecular weight is 469 g/mol. The Morgan fingerprint density at radius 1 is 1.15 bits per heavy atom. The quantitative estimate of drug-likeness (QED) is 0.397.